The second-order valence-corrected chi connectivity index (χ2v) is 15.8. The molecule has 0 saturated heterocycles. The number of hydrogen-bond donors (Lipinski definition) is 1. The van der Waals surface area contributed by atoms with Crippen molar-refractivity contribution in [2.24, 2.45) is 0 Å². The molecule has 0 bridgehead atoms. The van der Waals surface area contributed by atoms with Gasteiger partial charge in [-0.05, 0) is 54.1 Å². The number of aromatic nitrogens is 2. The van der Waals surface area contributed by atoms with Crippen LogP contribution in [0.1, 0.15) is 71.7 Å². The number of aryl methyl sites for hydroxylation is 1. The number of rotatable bonds is 9. The second kappa shape index (κ2) is 10.2. The maximum absolute atomic E-state index is 6.74. The first-order valence-corrected chi connectivity index (χ1v) is 14.4. The van der Waals surface area contributed by atoms with E-state index >= 15 is 0 Å². The molecule has 1 atom stereocenters. The molecule has 2 heterocycles. The van der Waals surface area contributed by atoms with Crippen molar-refractivity contribution in [2.45, 2.75) is 90.5 Å². The Morgan fingerprint density at radius 2 is 1.84 bits per heavy atom. The van der Waals surface area contributed by atoms with E-state index in [1.807, 2.05) is 12.1 Å². The molecule has 0 amide bonds. The lowest BCUT2D eigenvalue weighted by molar-refractivity contribution is 0.262. The van der Waals surface area contributed by atoms with Crippen molar-refractivity contribution in [2.75, 3.05) is 13.2 Å². The molecular weight excluding hydrogens is 422 g/mol. The number of halogens is 1. The van der Waals surface area contributed by atoms with Gasteiger partial charge < -0.3 is 9.74 Å². The van der Waals surface area contributed by atoms with Gasteiger partial charge in [0.25, 0.3) is 0 Å². The third-order valence-corrected chi connectivity index (χ3v) is 13.7. The average Bonchev–Trinajstić information content (AvgIpc) is 3.14. The van der Waals surface area contributed by atoms with Crippen molar-refractivity contribution >= 4 is 19.9 Å². The van der Waals surface area contributed by atoms with E-state index in [-0.39, 0.29) is 0 Å². The van der Waals surface area contributed by atoms with Crippen LogP contribution >= 0.6 is 11.6 Å². The fourth-order valence-electron chi connectivity index (χ4n) is 5.67. The van der Waals surface area contributed by atoms with Gasteiger partial charge in [0.15, 0.2) is 8.32 Å². The van der Waals surface area contributed by atoms with Gasteiger partial charge in [0.05, 0.1) is 11.4 Å². The van der Waals surface area contributed by atoms with Gasteiger partial charge in [-0.15, -0.1) is 0 Å². The quantitative estimate of drug-likeness (QED) is 0.319. The minimum atomic E-state index is -1.81. The Morgan fingerprint density at radius 1 is 1.16 bits per heavy atom. The summed E-state index contributed by atoms with van der Waals surface area (Å²) >= 11 is 6.35. The number of hydrogen-bond acceptors (Lipinski definition) is 3. The van der Waals surface area contributed by atoms with Crippen LogP contribution in [0, 0.1) is 6.92 Å². The molecule has 1 aliphatic heterocycles. The minimum absolute atomic E-state index is 0.325. The summed E-state index contributed by atoms with van der Waals surface area (Å²) < 4.78 is 8.91. The van der Waals surface area contributed by atoms with E-state index in [9.17, 15) is 0 Å². The van der Waals surface area contributed by atoms with Crippen molar-refractivity contribution in [1.29, 1.82) is 0 Å². The topological polar surface area (TPSA) is 39.1 Å². The van der Waals surface area contributed by atoms with Crippen molar-refractivity contribution in [3.05, 3.63) is 40.5 Å². The predicted molar refractivity (Wildman–Crippen MR) is 134 cm³/mol. The van der Waals surface area contributed by atoms with Crippen LogP contribution in [0.4, 0.5) is 0 Å². The van der Waals surface area contributed by atoms with Crippen molar-refractivity contribution in [3.8, 4) is 11.3 Å². The van der Waals surface area contributed by atoms with Crippen LogP contribution in [0.15, 0.2) is 24.3 Å². The van der Waals surface area contributed by atoms with E-state index in [0.717, 1.165) is 54.4 Å². The lowest BCUT2D eigenvalue weighted by atomic mass is 10.0. The maximum Gasteiger partial charge on any atom is 0.200 e. The Balaban J connectivity index is 1.69. The van der Waals surface area contributed by atoms with E-state index in [2.05, 4.69) is 70.6 Å². The molecule has 0 spiro atoms. The fraction of sp³-hybridized carbons (Fsp3) is 0.640. The SMILES string of the molecule is Cc1c(Cl)cccc1-c1cc2n(n1)CCCC2NCCO[Si](C(C)C)(C(C)C)C(C)C. The molecule has 3 rings (SSSR count). The average molecular weight is 462 g/mol. The summed E-state index contributed by atoms with van der Waals surface area (Å²) in [5, 5.41) is 9.47. The Kier molecular flexibility index (Phi) is 8.06. The number of fused-ring (bicyclic) bond motifs is 1. The highest BCUT2D eigenvalue weighted by Crippen LogP contribution is 2.42. The highest BCUT2D eigenvalue weighted by atomic mass is 35.5. The molecule has 2 aromatic rings. The molecule has 0 aliphatic carbocycles. The summed E-state index contributed by atoms with van der Waals surface area (Å²) in [7, 11) is -1.81. The first-order chi connectivity index (χ1) is 14.7. The predicted octanol–water partition coefficient (Wildman–Crippen LogP) is 7.13. The van der Waals surface area contributed by atoms with Gasteiger partial charge in [-0.3, -0.25) is 4.68 Å². The van der Waals surface area contributed by atoms with E-state index in [1.54, 1.807) is 0 Å². The molecule has 1 unspecified atom stereocenters. The van der Waals surface area contributed by atoms with Crippen LogP contribution in [0.2, 0.25) is 21.6 Å². The van der Waals surface area contributed by atoms with Crippen LogP contribution in [0.25, 0.3) is 11.3 Å². The minimum Gasteiger partial charge on any atom is -0.415 e. The lowest BCUT2D eigenvalue weighted by Crippen LogP contribution is -2.49. The summed E-state index contributed by atoms with van der Waals surface area (Å²) in [6, 6.07) is 8.62. The molecule has 1 aromatic heterocycles. The van der Waals surface area contributed by atoms with Gasteiger partial charge >= 0.3 is 0 Å². The summed E-state index contributed by atoms with van der Waals surface area (Å²) in [5.41, 5.74) is 6.37. The maximum atomic E-state index is 6.74. The number of nitrogens with zero attached hydrogens (tertiary/aromatic N) is 2. The first-order valence-electron chi connectivity index (χ1n) is 11.9. The van der Waals surface area contributed by atoms with Crippen LogP contribution in [-0.2, 0) is 11.0 Å². The third kappa shape index (κ3) is 4.95. The summed E-state index contributed by atoms with van der Waals surface area (Å²) in [4.78, 5) is 0. The van der Waals surface area contributed by atoms with Gasteiger partial charge in [0.2, 0.25) is 0 Å². The van der Waals surface area contributed by atoms with Gasteiger partial charge in [-0.1, -0.05) is 65.3 Å². The summed E-state index contributed by atoms with van der Waals surface area (Å²) in [6.45, 7) is 18.8. The molecule has 4 nitrogen and oxygen atoms in total. The van der Waals surface area contributed by atoms with Gasteiger partial charge in [0.1, 0.15) is 0 Å². The number of benzene rings is 1. The Hall–Kier alpha value is -1.14. The fourth-order valence-corrected chi connectivity index (χ4v) is 11.3. The van der Waals surface area contributed by atoms with E-state index in [1.165, 1.54) is 5.69 Å². The highest BCUT2D eigenvalue weighted by Gasteiger charge is 2.44. The molecular formula is C25H40ClN3OSi. The summed E-state index contributed by atoms with van der Waals surface area (Å²) in [5.74, 6) is 0. The van der Waals surface area contributed by atoms with Crippen molar-refractivity contribution < 1.29 is 4.43 Å². The molecule has 0 fully saturated rings. The normalized spacial score (nSPS) is 17.1. The van der Waals surface area contributed by atoms with Gasteiger partial charge in [0, 0.05) is 36.3 Å². The second-order valence-electron chi connectivity index (χ2n) is 9.91. The van der Waals surface area contributed by atoms with E-state index in [4.69, 9.17) is 21.1 Å². The highest BCUT2D eigenvalue weighted by molar-refractivity contribution is 6.77. The Labute approximate surface area is 194 Å². The Bertz CT molecular complexity index is 856. The molecule has 0 radical (unpaired) electrons. The Morgan fingerprint density at radius 3 is 2.48 bits per heavy atom. The van der Waals surface area contributed by atoms with E-state index in [0.29, 0.717) is 22.7 Å². The largest absolute Gasteiger partial charge is 0.415 e. The molecule has 0 saturated carbocycles. The monoisotopic (exact) mass is 461 g/mol. The molecule has 6 heteroatoms. The standard InChI is InChI=1S/C25H40ClN3OSi/c1-17(2)31(18(3)4,19(5)6)30-15-13-27-23-12-9-14-29-25(23)16-24(28-29)21-10-8-11-22(26)20(21)7/h8,10-11,16-19,23,27H,9,12-15H2,1-7H3. The number of nitrogens with one attached hydrogen (secondary N) is 1. The molecule has 172 valence electrons. The van der Waals surface area contributed by atoms with Crippen LogP contribution in [0.5, 0.6) is 0 Å². The zero-order valence-corrected chi connectivity index (χ0v) is 22.1. The van der Waals surface area contributed by atoms with E-state index < -0.39 is 8.32 Å². The zero-order valence-electron chi connectivity index (χ0n) is 20.3. The molecule has 1 aliphatic rings. The van der Waals surface area contributed by atoms with Gasteiger partial charge in [-0.2, -0.15) is 5.10 Å². The first kappa shape index (κ1) is 24.5. The lowest BCUT2D eigenvalue weighted by Gasteiger charge is -2.42. The van der Waals surface area contributed by atoms with Crippen LogP contribution < -0.4 is 5.32 Å². The molecule has 31 heavy (non-hydrogen) atoms. The smallest absolute Gasteiger partial charge is 0.200 e. The van der Waals surface area contributed by atoms with Gasteiger partial charge in [-0.25, -0.2) is 0 Å². The van der Waals surface area contributed by atoms with Crippen LogP contribution in [-0.4, -0.2) is 31.2 Å². The molecule has 1 N–H and O–H groups in total. The molecule has 1 aromatic carbocycles. The third-order valence-electron chi connectivity index (χ3n) is 7.13. The van der Waals surface area contributed by atoms with Crippen molar-refractivity contribution in [3.63, 3.8) is 0 Å². The summed E-state index contributed by atoms with van der Waals surface area (Å²) in [6.07, 6.45) is 2.28. The zero-order chi connectivity index (χ0) is 22.8. The van der Waals surface area contributed by atoms with Crippen molar-refractivity contribution in [1.82, 2.24) is 15.1 Å². The van der Waals surface area contributed by atoms with Crippen LogP contribution in [0.3, 0.4) is 0 Å².